The molecule has 0 radical (unpaired) electrons. The van der Waals surface area contributed by atoms with E-state index >= 15 is 0 Å². The lowest BCUT2D eigenvalue weighted by molar-refractivity contribution is -0.141. The number of carbonyl (C=O) groups is 2. The molecule has 26 heavy (non-hydrogen) atoms. The number of hydrogen-bond donors (Lipinski definition) is 1. The average Bonchev–Trinajstić information content (AvgIpc) is 2.98. The Kier molecular flexibility index (Phi) is 6.57. The summed E-state index contributed by atoms with van der Waals surface area (Å²) in [5.41, 5.74) is 1.37. The zero-order valence-corrected chi connectivity index (χ0v) is 16.2. The number of methoxy groups -OCH3 is 3. The van der Waals surface area contributed by atoms with Gasteiger partial charge in [0.25, 0.3) is 5.91 Å². The topological polar surface area (TPSA) is 86.8 Å². The Hall–Kier alpha value is -2.61. The van der Waals surface area contributed by atoms with Crippen molar-refractivity contribution in [3.05, 3.63) is 39.3 Å². The van der Waals surface area contributed by atoms with Gasteiger partial charge in [-0.2, -0.15) is 0 Å². The molecule has 0 fully saturated rings. The Bertz CT molecular complexity index is 803. The molecule has 0 bridgehead atoms. The molecule has 0 saturated carbocycles. The van der Waals surface area contributed by atoms with E-state index in [1.54, 1.807) is 32.2 Å². The maximum atomic E-state index is 12.7. The minimum absolute atomic E-state index is 0.00540. The lowest BCUT2D eigenvalue weighted by atomic mass is 10.0. The predicted octanol–water partition coefficient (Wildman–Crippen LogP) is 2.81. The molecular formula is C18H22N2O5S. The number of aryl methyl sites for hydroxylation is 2. The van der Waals surface area contributed by atoms with Gasteiger partial charge in [-0.05, 0) is 31.5 Å². The summed E-state index contributed by atoms with van der Waals surface area (Å²) in [6, 6.07) is 4.67. The van der Waals surface area contributed by atoms with Crippen LogP contribution in [0, 0.1) is 13.8 Å². The Morgan fingerprint density at radius 3 is 2.38 bits per heavy atom. The van der Waals surface area contributed by atoms with Crippen LogP contribution < -0.4 is 14.8 Å². The van der Waals surface area contributed by atoms with Crippen molar-refractivity contribution < 1.29 is 23.8 Å². The molecule has 1 amide bonds. The number of aromatic nitrogens is 1. The molecule has 2 aromatic rings. The van der Waals surface area contributed by atoms with Crippen molar-refractivity contribution in [2.24, 2.45) is 0 Å². The van der Waals surface area contributed by atoms with Crippen molar-refractivity contribution in [3.63, 3.8) is 0 Å². The highest BCUT2D eigenvalue weighted by molar-refractivity contribution is 7.13. The quantitative estimate of drug-likeness (QED) is 0.746. The van der Waals surface area contributed by atoms with Gasteiger partial charge in [0.05, 0.1) is 44.5 Å². The Balaban J connectivity index is 2.33. The summed E-state index contributed by atoms with van der Waals surface area (Å²) in [6.07, 6.45) is -0.00540. The zero-order valence-electron chi connectivity index (χ0n) is 15.4. The molecule has 1 heterocycles. The average molecular weight is 378 g/mol. The second kappa shape index (κ2) is 8.66. The van der Waals surface area contributed by atoms with Gasteiger partial charge in [0, 0.05) is 0 Å². The van der Waals surface area contributed by atoms with E-state index in [9.17, 15) is 9.59 Å². The van der Waals surface area contributed by atoms with Crippen molar-refractivity contribution in [2.45, 2.75) is 26.3 Å². The van der Waals surface area contributed by atoms with Crippen LogP contribution in [0.1, 0.15) is 38.4 Å². The van der Waals surface area contributed by atoms with Gasteiger partial charge in [-0.3, -0.25) is 9.59 Å². The summed E-state index contributed by atoms with van der Waals surface area (Å²) in [5.74, 6) is 0.367. The van der Waals surface area contributed by atoms with Crippen molar-refractivity contribution in [1.82, 2.24) is 10.3 Å². The van der Waals surface area contributed by atoms with E-state index in [0.29, 0.717) is 27.6 Å². The van der Waals surface area contributed by atoms with E-state index in [1.807, 2.05) is 6.92 Å². The molecule has 140 valence electrons. The summed E-state index contributed by atoms with van der Waals surface area (Å²) in [7, 11) is 4.38. The minimum atomic E-state index is -0.573. The van der Waals surface area contributed by atoms with Crippen LogP contribution in [0.5, 0.6) is 11.5 Å². The summed E-state index contributed by atoms with van der Waals surface area (Å²) < 4.78 is 15.3. The maximum Gasteiger partial charge on any atom is 0.307 e. The van der Waals surface area contributed by atoms with E-state index in [2.05, 4.69) is 10.3 Å². The second-order valence-electron chi connectivity index (χ2n) is 5.57. The first-order valence-electron chi connectivity index (χ1n) is 7.93. The first kappa shape index (κ1) is 19.7. The van der Waals surface area contributed by atoms with Crippen LogP contribution in [0.2, 0.25) is 0 Å². The highest BCUT2D eigenvalue weighted by Crippen LogP contribution is 2.31. The minimum Gasteiger partial charge on any atom is -0.493 e. The third-order valence-electron chi connectivity index (χ3n) is 3.82. The normalized spacial score (nSPS) is 11.6. The van der Waals surface area contributed by atoms with Gasteiger partial charge in [-0.1, -0.05) is 6.07 Å². The SMILES string of the molecule is COC(=O)C[C@@H](NC(=O)c1sc(C)nc1C)c1ccc(OC)c(OC)c1. The third kappa shape index (κ3) is 4.51. The van der Waals surface area contributed by atoms with Crippen molar-refractivity contribution in [2.75, 3.05) is 21.3 Å². The Morgan fingerprint density at radius 2 is 1.85 bits per heavy atom. The number of thiazole rings is 1. The molecule has 2 rings (SSSR count). The van der Waals surface area contributed by atoms with Gasteiger partial charge in [-0.15, -0.1) is 11.3 Å². The molecule has 0 aliphatic heterocycles. The number of nitrogens with one attached hydrogen (secondary N) is 1. The number of nitrogens with zero attached hydrogens (tertiary/aromatic N) is 1. The molecule has 1 aromatic carbocycles. The lowest BCUT2D eigenvalue weighted by Crippen LogP contribution is -2.30. The maximum absolute atomic E-state index is 12.7. The molecule has 8 heteroatoms. The summed E-state index contributed by atoms with van der Waals surface area (Å²) in [4.78, 5) is 29.3. The molecule has 7 nitrogen and oxygen atoms in total. The number of ether oxygens (including phenoxy) is 3. The number of carbonyl (C=O) groups excluding carboxylic acids is 2. The first-order chi connectivity index (χ1) is 12.4. The highest BCUT2D eigenvalue weighted by Gasteiger charge is 2.23. The molecular weight excluding hydrogens is 356 g/mol. The van der Waals surface area contributed by atoms with Gasteiger partial charge >= 0.3 is 5.97 Å². The smallest absolute Gasteiger partial charge is 0.307 e. The molecule has 1 atom stereocenters. The lowest BCUT2D eigenvalue weighted by Gasteiger charge is -2.19. The molecule has 1 N–H and O–H groups in total. The first-order valence-corrected chi connectivity index (χ1v) is 8.74. The van der Waals surface area contributed by atoms with Gasteiger partial charge in [0.1, 0.15) is 4.88 Å². The molecule has 0 saturated heterocycles. The van der Waals surface area contributed by atoms with Gasteiger partial charge < -0.3 is 19.5 Å². The molecule has 1 aromatic heterocycles. The highest BCUT2D eigenvalue weighted by atomic mass is 32.1. The van der Waals surface area contributed by atoms with E-state index in [4.69, 9.17) is 14.2 Å². The second-order valence-corrected chi connectivity index (χ2v) is 6.77. The zero-order chi connectivity index (χ0) is 19.3. The van der Waals surface area contributed by atoms with E-state index in [0.717, 1.165) is 5.01 Å². The summed E-state index contributed by atoms with van der Waals surface area (Å²) in [5, 5.41) is 3.70. The van der Waals surface area contributed by atoms with Gasteiger partial charge in [-0.25, -0.2) is 4.98 Å². The monoisotopic (exact) mass is 378 g/mol. The Labute approximate surface area is 156 Å². The number of rotatable bonds is 7. The Morgan fingerprint density at radius 1 is 1.15 bits per heavy atom. The summed E-state index contributed by atoms with van der Waals surface area (Å²) >= 11 is 1.31. The van der Waals surface area contributed by atoms with Crippen LogP contribution in [-0.2, 0) is 9.53 Å². The summed E-state index contributed by atoms with van der Waals surface area (Å²) in [6.45, 7) is 3.62. The van der Waals surface area contributed by atoms with Crippen LogP contribution >= 0.6 is 11.3 Å². The van der Waals surface area contributed by atoms with E-state index in [-0.39, 0.29) is 12.3 Å². The van der Waals surface area contributed by atoms with Crippen molar-refractivity contribution >= 4 is 23.2 Å². The van der Waals surface area contributed by atoms with Crippen molar-refractivity contribution in [3.8, 4) is 11.5 Å². The van der Waals surface area contributed by atoms with Crippen LogP contribution in [0.25, 0.3) is 0 Å². The van der Waals surface area contributed by atoms with Crippen LogP contribution in [0.4, 0.5) is 0 Å². The van der Waals surface area contributed by atoms with Crippen molar-refractivity contribution in [1.29, 1.82) is 0 Å². The fourth-order valence-electron chi connectivity index (χ4n) is 2.54. The third-order valence-corrected chi connectivity index (χ3v) is 4.90. The molecule has 0 aliphatic rings. The number of benzene rings is 1. The number of hydrogen-bond acceptors (Lipinski definition) is 7. The molecule has 0 spiro atoms. The molecule has 0 aliphatic carbocycles. The number of amides is 1. The van der Waals surface area contributed by atoms with Gasteiger partial charge in [0.15, 0.2) is 11.5 Å². The van der Waals surface area contributed by atoms with E-state index < -0.39 is 12.0 Å². The van der Waals surface area contributed by atoms with Crippen LogP contribution in [0.15, 0.2) is 18.2 Å². The standard InChI is InChI=1S/C18H22N2O5S/c1-10-17(26-11(2)19-10)18(22)20-13(9-16(21)25-5)12-6-7-14(23-3)15(8-12)24-4/h6-8,13H,9H2,1-5H3,(H,20,22)/t13-/m1/s1. The van der Waals surface area contributed by atoms with Gasteiger partial charge in [0.2, 0.25) is 0 Å². The number of esters is 1. The van der Waals surface area contributed by atoms with Crippen LogP contribution in [0.3, 0.4) is 0 Å². The largest absolute Gasteiger partial charge is 0.493 e. The van der Waals surface area contributed by atoms with E-state index in [1.165, 1.54) is 25.6 Å². The molecule has 0 unspecified atom stereocenters. The fraction of sp³-hybridized carbons (Fsp3) is 0.389. The predicted molar refractivity (Wildman–Crippen MR) is 98.0 cm³/mol. The fourth-order valence-corrected chi connectivity index (χ4v) is 3.36. The van der Waals surface area contributed by atoms with Crippen LogP contribution in [-0.4, -0.2) is 38.2 Å².